The number of benzene rings is 1. The van der Waals surface area contributed by atoms with E-state index >= 15 is 0 Å². The van der Waals surface area contributed by atoms with Crippen molar-refractivity contribution in [3.8, 4) is 5.75 Å². The van der Waals surface area contributed by atoms with E-state index < -0.39 is 0 Å². The predicted molar refractivity (Wildman–Crippen MR) is 63.2 cm³/mol. The molecule has 1 aliphatic carbocycles. The van der Waals surface area contributed by atoms with Crippen LogP contribution in [0.2, 0.25) is 0 Å². The van der Waals surface area contributed by atoms with E-state index in [9.17, 15) is 5.11 Å². The number of phenols is 1. The number of aromatic hydroxyl groups is 1. The zero-order valence-corrected chi connectivity index (χ0v) is 9.08. The molecule has 0 aliphatic heterocycles. The molecule has 2 rings (SSSR count). The Morgan fingerprint density at radius 2 is 2.00 bits per heavy atom. The maximum Gasteiger partial charge on any atom is 0.117 e. The Balaban J connectivity index is 1.81. The summed E-state index contributed by atoms with van der Waals surface area (Å²) >= 11 is 0. The molecular weight excluding hydrogens is 186 g/mol. The zero-order valence-electron chi connectivity index (χ0n) is 9.08. The second-order valence-corrected chi connectivity index (χ2v) is 4.44. The molecule has 82 valence electrons. The van der Waals surface area contributed by atoms with E-state index in [-0.39, 0.29) is 0 Å². The Hall–Kier alpha value is -1.18. The lowest BCUT2D eigenvalue weighted by atomic mass is 9.89. The molecule has 1 aliphatic rings. The standard InChI is InChI=1S/C13H19NO/c15-13-8-4-7-12(9-13)14-10-11-5-2-1-3-6-11/h4,7-9,11,14-15H,1-3,5-6,10H2. The van der Waals surface area contributed by atoms with Crippen LogP contribution in [0.5, 0.6) is 5.75 Å². The van der Waals surface area contributed by atoms with Crippen molar-refractivity contribution in [2.75, 3.05) is 11.9 Å². The second kappa shape index (κ2) is 5.06. The molecule has 2 nitrogen and oxygen atoms in total. The fourth-order valence-corrected chi connectivity index (χ4v) is 2.27. The first-order chi connectivity index (χ1) is 7.34. The lowest BCUT2D eigenvalue weighted by molar-refractivity contribution is 0.373. The van der Waals surface area contributed by atoms with Crippen molar-refractivity contribution in [3.63, 3.8) is 0 Å². The van der Waals surface area contributed by atoms with Crippen LogP contribution in [0.15, 0.2) is 24.3 Å². The van der Waals surface area contributed by atoms with Crippen molar-refractivity contribution in [1.82, 2.24) is 0 Å². The average Bonchev–Trinajstić information content (AvgIpc) is 2.28. The van der Waals surface area contributed by atoms with E-state index in [2.05, 4.69) is 5.32 Å². The van der Waals surface area contributed by atoms with Crippen LogP contribution in [0.1, 0.15) is 32.1 Å². The fraction of sp³-hybridized carbons (Fsp3) is 0.538. The van der Waals surface area contributed by atoms with E-state index in [4.69, 9.17) is 0 Å². The first-order valence-electron chi connectivity index (χ1n) is 5.87. The zero-order chi connectivity index (χ0) is 10.5. The highest BCUT2D eigenvalue weighted by atomic mass is 16.3. The average molecular weight is 205 g/mol. The molecule has 0 heterocycles. The van der Waals surface area contributed by atoms with Crippen LogP contribution in [-0.4, -0.2) is 11.7 Å². The summed E-state index contributed by atoms with van der Waals surface area (Å²) in [4.78, 5) is 0. The van der Waals surface area contributed by atoms with Crippen LogP contribution >= 0.6 is 0 Å². The number of hydrogen-bond acceptors (Lipinski definition) is 2. The summed E-state index contributed by atoms with van der Waals surface area (Å²) < 4.78 is 0. The van der Waals surface area contributed by atoms with Gasteiger partial charge in [0.25, 0.3) is 0 Å². The monoisotopic (exact) mass is 205 g/mol. The second-order valence-electron chi connectivity index (χ2n) is 4.44. The Morgan fingerprint density at radius 1 is 1.20 bits per heavy atom. The third-order valence-corrected chi connectivity index (χ3v) is 3.17. The third kappa shape index (κ3) is 3.15. The molecule has 1 aromatic rings. The highest BCUT2D eigenvalue weighted by molar-refractivity contribution is 5.47. The maximum absolute atomic E-state index is 9.31. The molecular formula is C13H19NO. The SMILES string of the molecule is Oc1cccc(NCC2CCCCC2)c1. The van der Waals surface area contributed by atoms with Crippen molar-refractivity contribution in [3.05, 3.63) is 24.3 Å². The quantitative estimate of drug-likeness (QED) is 0.792. The van der Waals surface area contributed by atoms with Crippen LogP contribution < -0.4 is 5.32 Å². The van der Waals surface area contributed by atoms with Gasteiger partial charge in [-0.05, 0) is 30.9 Å². The van der Waals surface area contributed by atoms with Gasteiger partial charge >= 0.3 is 0 Å². The minimum atomic E-state index is 0.337. The molecule has 0 atom stereocenters. The van der Waals surface area contributed by atoms with Gasteiger partial charge in [0.2, 0.25) is 0 Å². The summed E-state index contributed by atoms with van der Waals surface area (Å²) in [5.41, 5.74) is 1.03. The van der Waals surface area contributed by atoms with Crippen molar-refractivity contribution in [2.24, 2.45) is 5.92 Å². The molecule has 0 radical (unpaired) electrons. The smallest absolute Gasteiger partial charge is 0.117 e. The lowest BCUT2D eigenvalue weighted by Crippen LogP contribution is -2.16. The molecule has 0 saturated heterocycles. The van der Waals surface area contributed by atoms with Crippen LogP contribution in [-0.2, 0) is 0 Å². The van der Waals surface area contributed by atoms with Gasteiger partial charge in [-0.3, -0.25) is 0 Å². The molecule has 2 heteroatoms. The number of nitrogens with one attached hydrogen (secondary N) is 1. The third-order valence-electron chi connectivity index (χ3n) is 3.17. The van der Waals surface area contributed by atoms with Gasteiger partial charge in [0.15, 0.2) is 0 Å². The van der Waals surface area contributed by atoms with Crippen molar-refractivity contribution in [2.45, 2.75) is 32.1 Å². The lowest BCUT2D eigenvalue weighted by Gasteiger charge is -2.22. The Labute approximate surface area is 91.3 Å². The first kappa shape index (κ1) is 10.3. The molecule has 15 heavy (non-hydrogen) atoms. The molecule has 0 unspecified atom stereocenters. The van der Waals surface area contributed by atoms with E-state index in [0.717, 1.165) is 18.2 Å². The van der Waals surface area contributed by atoms with Gasteiger partial charge < -0.3 is 10.4 Å². The summed E-state index contributed by atoms with van der Waals surface area (Å²) in [5, 5.41) is 12.7. The van der Waals surface area contributed by atoms with Crippen LogP contribution in [0.3, 0.4) is 0 Å². The van der Waals surface area contributed by atoms with Crippen LogP contribution in [0, 0.1) is 5.92 Å². The highest BCUT2D eigenvalue weighted by Crippen LogP contribution is 2.24. The van der Waals surface area contributed by atoms with Gasteiger partial charge in [-0.25, -0.2) is 0 Å². The van der Waals surface area contributed by atoms with Crippen molar-refractivity contribution >= 4 is 5.69 Å². The molecule has 0 aromatic heterocycles. The van der Waals surface area contributed by atoms with Crippen molar-refractivity contribution < 1.29 is 5.11 Å². The highest BCUT2D eigenvalue weighted by Gasteiger charge is 2.12. The minimum Gasteiger partial charge on any atom is -0.508 e. The largest absolute Gasteiger partial charge is 0.508 e. The summed E-state index contributed by atoms with van der Waals surface area (Å²) in [6.07, 6.45) is 6.87. The molecule has 0 spiro atoms. The first-order valence-corrected chi connectivity index (χ1v) is 5.87. The van der Waals surface area contributed by atoms with Gasteiger partial charge in [0.1, 0.15) is 5.75 Å². The normalized spacial score (nSPS) is 17.6. The maximum atomic E-state index is 9.31. The van der Waals surface area contributed by atoms with E-state index in [1.165, 1.54) is 32.1 Å². The van der Waals surface area contributed by atoms with E-state index in [1.807, 2.05) is 12.1 Å². The molecule has 1 aromatic carbocycles. The summed E-state index contributed by atoms with van der Waals surface area (Å²) in [6.45, 7) is 1.05. The van der Waals surface area contributed by atoms with Gasteiger partial charge in [0, 0.05) is 18.3 Å². The molecule has 0 amide bonds. The predicted octanol–water partition coefficient (Wildman–Crippen LogP) is 3.38. The number of phenolic OH excluding ortho intramolecular Hbond substituents is 1. The topological polar surface area (TPSA) is 32.3 Å². The number of rotatable bonds is 3. The number of anilines is 1. The van der Waals surface area contributed by atoms with Crippen molar-refractivity contribution in [1.29, 1.82) is 0 Å². The van der Waals surface area contributed by atoms with Gasteiger partial charge in [-0.1, -0.05) is 25.3 Å². The molecule has 2 N–H and O–H groups in total. The Morgan fingerprint density at radius 3 is 2.73 bits per heavy atom. The fourth-order valence-electron chi connectivity index (χ4n) is 2.27. The molecule has 1 saturated carbocycles. The summed E-state index contributed by atoms with van der Waals surface area (Å²) in [7, 11) is 0. The number of hydrogen-bond donors (Lipinski definition) is 2. The molecule has 0 bridgehead atoms. The van der Waals surface area contributed by atoms with E-state index in [1.54, 1.807) is 12.1 Å². The molecule has 1 fully saturated rings. The van der Waals surface area contributed by atoms with Gasteiger partial charge in [0.05, 0.1) is 0 Å². The van der Waals surface area contributed by atoms with Gasteiger partial charge in [-0.15, -0.1) is 0 Å². The van der Waals surface area contributed by atoms with E-state index in [0.29, 0.717) is 5.75 Å². The Kier molecular flexibility index (Phi) is 3.49. The summed E-state index contributed by atoms with van der Waals surface area (Å²) in [6, 6.07) is 7.36. The van der Waals surface area contributed by atoms with Gasteiger partial charge in [-0.2, -0.15) is 0 Å². The van der Waals surface area contributed by atoms with Crippen LogP contribution in [0.4, 0.5) is 5.69 Å². The Bertz CT molecular complexity index is 305. The minimum absolute atomic E-state index is 0.337. The summed E-state index contributed by atoms with van der Waals surface area (Å²) in [5.74, 6) is 1.16. The van der Waals surface area contributed by atoms with Crippen LogP contribution in [0.25, 0.3) is 0 Å².